The molecule has 4 nitrogen and oxygen atoms in total. The zero-order valence-corrected chi connectivity index (χ0v) is 15.8. The van der Waals surface area contributed by atoms with Gasteiger partial charge in [0.25, 0.3) is 0 Å². The lowest BCUT2D eigenvalue weighted by atomic mass is 9.46. The summed E-state index contributed by atoms with van der Waals surface area (Å²) >= 11 is 0. The number of ketones is 3. The zero-order valence-electron chi connectivity index (χ0n) is 15.8. The highest BCUT2D eigenvalue weighted by atomic mass is 16.1. The van der Waals surface area contributed by atoms with Crippen molar-refractivity contribution in [3.05, 3.63) is 11.6 Å². The Kier molecular flexibility index (Phi) is 4.09. The Morgan fingerprint density at radius 3 is 2.69 bits per heavy atom. The summed E-state index contributed by atoms with van der Waals surface area (Å²) in [4.78, 5) is 48.6. The van der Waals surface area contributed by atoms with E-state index in [0.717, 1.165) is 32.1 Å². The Morgan fingerprint density at radius 2 is 1.96 bits per heavy atom. The molecule has 6 atom stereocenters. The Labute approximate surface area is 154 Å². The van der Waals surface area contributed by atoms with Crippen molar-refractivity contribution in [2.45, 2.75) is 65.2 Å². The van der Waals surface area contributed by atoms with Gasteiger partial charge in [0.15, 0.2) is 5.78 Å². The smallest absolute Gasteiger partial charge is 0.155 e. The highest BCUT2D eigenvalue weighted by molar-refractivity contribution is 5.94. The molecule has 0 saturated heterocycles. The van der Waals surface area contributed by atoms with Gasteiger partial charge in [-0.05, 0) is 60.8 Å². The monoisotopic (exact) mass is 356 g/mol. The minimum absolute atomic E-state index is 0.00593. The summed E-state index contributed by atoms with van der Waals surface area (Å²) in [5, 5.41) is 0. The molecule has 26 heavy (non-hydrogen) atoms. The summed E-state index contributed by atoms with van der Waals surface area (Å²) < 4.78 is 0. The van der Waals surface area contributed by atoms with Crippen molar-refractivity contribution in [1.29, 1.82) is 0 Å². The van der Waals surface area contributed by atoms with Crippen LogP contribution in [0.5, 0.6) is 0 Å². The van der Waals surface area contributed by atoms with E-state index >= 15 is 0 Å². The molecule has 0 unspecified atom stereocenters. The number of allylic oxidation sites excluding steroid dienone is 1. The van der Waals surface area contributed by atoms with Crippen LogP contribution in [-0.4, -0.2) is 23.6 Å². The van der Waals surface area contributed by atoms with Crippen LogP contribution >= 0.6 is 0 Å². The van der Waals surface area contributed by atoms with Crippen LogP contribution in [0, 0.1) is 34.5 Å². The molecule has 0 bridgehead atoms. The van der Waals surface area contributed by atoms with Crippen LogP contribution in [0.2, 0.25) is 0 Å². The van der Waals surface area contributed by atoms with Crippen LogP contribution in [0.4, 0.5) is 0 Å². The van der Waals surface area contributed by atoms with Crippen LogP contribution in [0.3, 0.4) is 0 Å². The first-order valence-corrected chi connectivity index (χ1v) is 10.0. The fourth-order valence-electron chi connectivity index (χ4n) is 7.14. The van der Waals surface area contributed by atoms with Gasteiger partial charge in [-0.3, -0.25) is 14.4 Å². The average Bonchev–Trinajstić information content (AvgIpc) is 2.92. The second-order valence-corrected chi connectivity index (χ2v) is 9.46. The zero-order chi connectivity index (χ0) is 18.7. The maximum absolute atomic E-state index is 13.4. The third-order valence-electron chi connectivity index (χ3n) is 8.32. The van der Waals surface area contributed by atoms with Crippen molar-refractivity contribution >= 4 is 23.6 Å². The summed E-state index contributed by atoms with van der Waals surface area (Å²) in [5.74, 6) is 1.02. The first-order chi connectivity index (χ1) is 12.3. The predicted octanol–water partition coefficient (Wildman–Crippen LogP) is 3.47. The second kappa shape index (κ2) is 5.97. The molecule has 0 aromatic heterocycles. The van der Waals surface area contributed by atoms with Crippen LogP contribution in [0.15, 0.2) is 11.6 Å². The summed E-state index contributed by atoms with van der Waals surface area (Å²) in [7, 11) is 0. The maximum Gasteiger partial charge on any atom is 0.155 e. The number of fused-ring (bicyclic) bond motifs is 5. The summed E-state index contributed by atoms with van der Waals surface area (Å²) in [6.45, 7) is 4.30. The van der Waals surface area contributed by atoms with E-state index in [4.69, 9.17) is 0 Å². The molecule has 4 heteroatoms. The molecular formula is C22H28O4. The summed E-state index contributed by atoms with van der Waals surface area (Å²) in [6.07, 6.45) is 7.88. The largest absolute Gasteiger partial charge is 0.303 e. The summed E-state index contributed by atoms with van der Waals surface area (Å²) in [6, 6.07) is 0. The molecule has 0 amide bonds. The lowest BCUT2D eigenvalue weighted by Gasteiger charge is -2.56. The molecule has 0 aromatic rings. The summed E-state index contributed by atoms with van der Waals surface area (Å²) in [5.41, 5.74) is 0.708. The standard InChI is InChI=1S/C22H28O4/c1-21-9-7-14(24)11-13(21)3-4-15-16-5-6-17(18(25)8-10-23)22(16,2)12-19(26)20(15)21/h10-11,15-17,20H,3-9,12H2,1-2H3/t15-,16-,17+,20+,21-,22-/m0/s1. The molecule has 0 aromatic carbocycles. The van der Waals surface area contributed by atoms with Gasteiger partial charge in [-0.15, -0.1) is 0 Å². The second-order valence-electron chi connectivity index (χ2n) is 9.46. The SMILES string of the molecule is C[C@]12CC(=O)[C@H]3[C@@H](CCC4=CC(=O)CC[C@@]43C)[C@@H]1CC[C@@H]2C(=O)CC=O. The first-order valence-electron chi connectivity index (χ1n) is 10.0. The molecule has 4 aliphatic rings. The maximum atomic E-state index is 13.4. The molecule has 140 valence electrons. The van der Waals surface area contributed by atoms with Crippen LogP contribution in [0.25, 0.3) is 0 Å². The van der Waals surface area contributed by atoms with Crippen LogP contribution < -0.4 is 0 Å². The molecular weight excluding hydrogens is 328 g/mol. The van der Waals surface area contributed by atoms with Crippen molar-refractivity contribution in [3.63, 3.8) is 0 Å². The van der Waals surface area contributed by atoms with E-state index in [9.17, 15) is 19.2 Å². The molecule has 0 radical (unpaired) electrons. The highest BCUT2D eigenvalue weighted by Gasteiger charge is 2.62. The van der Waals surface area contributed by atoms with Gasteiger partial charge >= 0.3 is 0 Å². The Morgan fingerprint density at radius 1 is 1.19 bits per heavy atom. The van der Waals surface area contributed by atoms with Crippen LogP contribution in [-0.2, 0) is 19.2 Å². The van der Waals surface area contributed by atoms with E-state index < -0.39 is 0 Å². The third kappa shape index (κ3) is 2.33. The van der Waals surface area contributed by atoms with E-state index in [-0.39, 0.29) is 46.4 Å². The number of carbonyl (C=O) groups excluding carboxylic acids is 4. The molecule has 0 heterocycles. The third-order valence-corrected chi connectivity index (χ3v) is 8.32. The van der Waals surface area contributed by atoms with Crippen molar-refractivity contribution in [3.8, 4) is 0 Å². The lowest BCUT2D eigenvalue weighted by molar-refractivity contribution is -0.148. The van der Waals surface area contributed by atoms with E-state index in [1.165, 1.54) is 5.57 Å². The van der Waals surface area contributed by atoms with Gasteiger partial charge in [0.1, 0.15) is 17.9 Å². The van der Waals surface area contributed by atoms with Gasteiger partial charge in [0.05, 0.1) is 6.42 Å². The Bertz CT molecular complexity index is 720. The van der Waals surface area contributed by atoms with Crippen LogP contribution in [0.1, 0.15) is 65.2 Å². The Balaban J connectivity index is 1.69. The van der Waals surface area contributed by atoms with Gasteiger partial charge in [0, 0.05) is 24.7 Å². The first kappa shape index (κ1) is 17.8. The van der Waals surface area contributed by atoms with Crippen molar-refractivity contribution in [1.82, 2.24) is 0 Å². The van der Waals surface area contributed by atoms with Crippen molar-refractivity contribution < 1.29 is 19.2 Å². The number of rotatable bonds is 3. The quantitative estimate of drug-likeness (QED) is 0.573. The molecule has 0 N–H and O–H groups in total. The van der Waals surface area contributed by atoms with E-state index in [0.29, 0.717) is 31.0 Å². The molecule has 3 fully saturated rings. The Hall–Kier alpha value is -1.58. The van der Waals surface area contributed by atoms with Crippen molar-refractivity contribution in [2.75, 3.05) is 0 Å². The molecule has 0 spiro atoms. The number of hydrogen-bond acceptors (Lipinski definition) is 4. The van der Waals surface area contributed by atoms with Gasteiger partial charge in [-0.1, -0.05) is 19.4 Å². The van der Waals surface area contributed by atoms with E-state index in [1.54, 1.807) is 0 Å². The molecule has 0 aliphatic heterocycles. The average molecular weight is 356 g/mol. The number of aldehydes is 1. The number of hydrogen-bond donors (Lipinski definition) is 0. The fraction of sp³-hybridized carbons (Fsp3) is 0.727. The fourth-order valence-corrected chi connectivity index (χ4v) is 7.14. The van der Waals surface area contributed by atoms with Gasteiger partial charge in [-0.2, -0.15) is 0 Å². The normalized spacial score (nSPS) is 44.6. The van der Waals surface area contributed by atoms with Gasteiger partial charge in [-0.25, -0.2) is 0 Å². The number of Topliss-reactive ketones (excluding diaryl/α,β-unsaturated/α-hetero) is 2. The minimum atomic E-state index is -0.291. The molecule has 3 saturated carbocycles. The van der Waals surface area contributed by atoms with Gasteiger partial charge < -0.3 is 4.79 Å². The molecule has 4 aliphatic carbocycles. The topological polar surface area (TPSA) is 68.3 Å². The van der Waals surface area contributed by atoms with E-state index in [1.807, 2.05) is 6.08 Å². The van der Waals surface area contributed by atoms with Crippen molar-refractivity contribution in [2.24, 2.45) is 34.5 Å². The predicted molar refractivity (Wildman–Crippen MR) is 96.3 cm³/mol. The van der Waals surface area contributed by atoms with Gasteiger partial charge in [0.2, 0.25) is 0 Å². The lowest BCUT2D eigenvalue weighted by Crippen LogP contribution is -2.55. The molecule has 4 rings (SSSR count). The number of carbonyl (C=O) groups is 4. The minimum Gasteiger partial charge on any atom is -0.303 e. The van der Waals surface area contributed by atoms with E-state index in [2.05, 4.69) is 13.8 Å². The highest BCUT2D eigenvalue weighted by Crippen LogP contribution is 2.65.